The third kappa shape index (κ3) is 4.63. The number of hydrazine groups is 1. The SMILES string of the molecule is NNC(CSC1CCCCC1)c1ccccc1C(F)(F)F. The highest BCUT2D eigenvalue weighted by atomic mass is 32.2. The molecule has 0 aliphatic heterocycles. The highest BCUT2D eigenvalue weighted by Gasteiger charge is 2.34. The van der Waals surface area contributed by atoms with Crippen molar-refractivity contribution in [2.24, 2.45) is 5.84 Å². The van der Waals surface area contributed by atoms with Crippen molar-refractivity contribution in [3.8, 4) is 0 Å². The molecule has 1 fully saturated rings. The topological polar surface area (TPSA) is 38.0 Å². The average Bonchev–Trinajstić information content (AvgIpc) is 2.48. The highest BCUT2D eigenvalue weighted by Crippen LogP contribution is 2.36. The van der Waals surface area contributed by atoms with E-state index in [2.05, 4.69) is 5.43 Å². The van der Waals surface area contributed by atoms with Gasteiger partial charge < -0.3 is 0 Å². The van der Waals surface area contributed by atoms with Crippen LogP contribution in [0.3, 0.4) is 0 Å². The van der Waals surface area contributed by atoms with Crippen molar-refractivity contribution < 1.29 is 13.2 Å². The number of nitrogens with one attached hydrogen (secondary N) is 1. The lowest BCUT2D eigenvalue weighted by Crippen LogP contribution is -2.32. The molecule has 0 heterocycles. The van der Waals surface area contributed by atoms with E-state index < -0.39 is 17.8 Å². The molecular weight excluding hydrogens is 297 g/mol. The van der Waals surface area contributed by atoms with Crippen LogP contribution >= 0.6 is 11.8 Å². The third-order valence-corrected chi connectivity index (χ3v) is 5.36. The first-order valence-electron chi connectivity index (χ1n) is 7.26. The van der Waals surface area contributed by atoms with Gasteiger partial charge in [-0.1, -0.05) is 37.5 Å². The fraction of sp³-hybridized carbons (Fsp3) is 0.600. The fourth-order valence-electron chi connectivity index (χ4n) is 2.75. The zero-order chi connectivity index (χ0) is 15.3. The number of hydrogen-bond donors (Lipinski definition) is 2. The van der Waals surface area contributed by atoms with E-state index in [0.29, 0.717) is 11.0 Å². The highest BCUT2D eigenvalue weighted by molar-refractivity contribution is 7.99. The second kappa shape index (κ2) is 7.51. The maximum absolute atomic E-state index is 13.1. The number of rotatable bonds is 5. The number of alkyl halides is 3. The molecule has 21 heavy (non-hydrogen) atoms. The van der Waals surface area contributed by atoms with Crippen LogP contribution in [0.25, 0.3) is 0 Å². The Balaban J connectivity index is 2.06. The molecule has 1 unspecified atom stereocenters. The molecule has 1 atom stereocenters. The quantitative estimate of drug-likeness (QED) is 0.629. The van der Waals surface area contributed by atoms with E-state index in [1.54, 1.807) is 17.8 Å². The Morgan fingerprint density at radius 2 is 1.86 bits per heavy atom. The van der Waals surface area contributed by atoms with E-state index >= 15 is 0 Å². The maximum Gasteiger partial charge on any atom is 0.416 e. The molecule has 1 aromatic carbocycles. The minimum atomic E-state index is -4.35. The molecule has 1 aliphatic carbocycles. The summed E-state index contributed by atoms with van der Waals surface area (Å²) in [6.45, 7) is 0. The third-order valence-electron chi connectivity index (χ3n) is 3.89. The molecule has 1 aromatic rings. The van der Waals surface area contributed by atoms with Crippen molar-refractivity contribution in [2.75, 3.05) is 5.75 Å². The Morgan fingerprint density at radius 3 is 2.48 bits per heavy atom. The van der Waals surface area contributed by atoms with Gasteiger partial charge in [0.25, 0.3) is 0 Å². The largest absolute Gasteiger partial charge is 0.416 e. The Hall–Kier alpha value is -0.720. The molecular formula is C15H21F3N2S. The van der Waals surface area contributed by atoms with Crippen molar-refractivity contribution in [3.63, 3.8) is 0 Å². The summed E-state index contributed by atoms with van der Waals surface area (Å²) in [5.74, 6) is 6.07. The molecule has 3 N–H and O–H groups in total. The first kappa shape index (κ1) is 16.6. The van der Waals surface area contributed by atoms with Gasteiger partial charge in [0.2, 0.25) is 0 Å². The predicted molar refractivity (Wildman–Crippen MR) is 80.8 cm³/mol. The van der Waals surface area contributed by atoms with Gasteiger partial charge in [-0.25, -0.2) is 0 Å². The summed E-state index contributed by atoms with van der Waals surface area (Å²) in [7, 11) is 0. The van der Waals surface area contributed by atoms with E-state index in [1.165, 1.54) is 31.4 Å². The Morgan fingerprint density at radius 1 is 1.19 bits per heavy atom. The van der Waals surface area contributed by atoms with E-state index in [0.717, 1.165) is 18.9 Å². The molecule has 6 heteroatoms. The fourth-order valence-corrected chi connectivity index (χ4v) is 4.16. The standard InChI is InChI=1S/C15H21F3N2S/c16-15(17,18)13-9-5-4-8-12(13)14(20-19)10-21-11-6-2-1-3-7-11/h4-5,8-9,11,14,20H,1-3,6-7,10,19H2. The molecule has 0 bridgehead atoms. The van der Waals surface area contributed by atoms with Crippen molar-refractivity contribution >= 4 is 11.8 Å². The first-order valence-corrected chi connectivity index (χ1v) is 8.31. The van der Waals surface area contributed by atoms with Crippen LogP contribution in [0.4, 0.5) is 13.2 Å². The number of thioether (sulfide) groups is 1. The average molecular weight is 318 g/mol. The normalized spacial score (nSPS) is 18.7. The second-order valence-electron chi connectivity index (χ2n) is 5.40. The van der Waals surface area contributed by atoms with Gasteiger partial charge in [-0.2, -0.15) is 24.9 Å². The molecule has 2 rings (SSSR count). The molecule has 118 valence electrons. The van der Waals surface area contributed by atoms with Crippen LogP contribution in [-0.2, 0) is 6.18 Å². The van der Waals surface area contributed by atoms with Crippen molar-refractivity contribution in [1.82, 2.24) is 5.43 Å². The summed E-state index contributed by atoms with van der Waals surface area (Å²) in [6, 6.07) is 5.18. The van der Waals surface area contributed by atoms with Gasteiger partial charge in [-0.3, -0.25) is 11.3 Å². The molecule has 0 spiro atoms. The summed E-state index contributed by atoms with van der Waals surface area (Å²) in [4.78, 5) is 0. The molecule has 1 saturated carbocycles. The van der Waals surface area contributed by atoms with Crippen LogP contribution in [0.15, 0.2) is 24.3 Å². The minimum Gasteiger partial charge on any atom is -0.271 e. The van der Waals surface area contributed by atoms with Gasteiger partial charge in [-0.15, -0.1) is 0 Å². The van der Waals surface area contributed by atoms with E-state index in [4.69, 9.17) is 5.84 Å². The summed E-state index contributed by atoms with van der Waals surface area (Å²) in [6.07, 6.45) is 1.68. The Bertz CT molecular complexity index is 445. The van der Waals surface area contributed by atoms with Gasteiger partial charge in [0, 0.05) is 11.0 Å². The molecule has 1 aliphatic rings. The van der Waals surface area contributed by atoms with Crippen LogP contribution in [-0.4, -0.2) is 11.0 Å². The van der Waals surface area contributed by atoms with Crippen molar-refractivity contribution in [1.29, 1.82) is 0 Å². The lowest BCUT2D eigenvalue weighted by atomic mass is 10.0. The number of nitrogens with two attached hydrogens (primary N) is 1. The summed E-state index contributed by atoms with van der Waals surface area (Å²) in [5.41, 5.74) is 2.18. The zero-order valence-corrected chi connectivity index (χ0v) is 12.6. The van der Waals surface area contributed by atoms with Crippen LogP contribution in [0.2, 0.25) is 0 Å². The molecule has 0 aromatic heterocycles. The monoisotopic (exact) mass is 318 g/mol. The van der Waals surface area contributed by atoms with E-state index in [-0.39, 0.29) is 5.56 Å². The summed E-state index contributed by atoms with van der Waals surface area (Å²) in [5, 5.41) is 0.549. The molecule has 0 amide bonds. The Labute approximate surface area is 127 Å². The second-order valence-corrected chi connectivity index (χ2v) is 6.73. The molecule has 2 nitrogen and oxygen atoms in total. The van der Waals surface area contributed by atoms with Crippen LogP contribution in [0.5, 0.6) is 0 Å². The number of benzene rings is 1. The minimum absolute atomic E-state index is 0.232. The van der Waals surface area contributed by atoms with Gasteiger partial charge in [0.15, 0.2) is 0 Å². The van der Waals surface area contributed by atoms with Crippen LogP contribution in [0, 0.1) is 0 Å². The van der Waals surface area contributed by atoms with E-state index in [9.17, 15) is 13.2 Å². The van der Waals surface area contributed by atoms with Gasteiger partial charge >= 0.3 is 6.18 Å². The predicted octanol–water partition coefficient (Wildman–Crippen LogP) is 4.28. The lowest BCUT2D eigenvalue weighted by molar-refractivity contribution is -0.138. The summed E-state index contributed by atoms with van der Waals surface area (Å²) >= 11 is 1.73. The molecule has 0 radical (unpaired) electrons. The van der Waals surface area contributed by atoms with Crippen LogP contribution < -0.4 is 11.3 Å². The maximum atomic E-state index is 13.1. The van der Waals surface area contributed by atoms with Gasteiger partial charge in [0.05, 0.1) is 11.6 Å². The number of hydrogen-bond acceptors (Lipinski definition) is 3. The van der Waals surface area contributed by atoms with Crippen molar-refractivity contribution in [2.45, 2.75) is 49.6 Å². The zero-order valence-electron chi connectivity index (χ0n) is 11.8. The van der Waals surface area contributed by atoms with Crippen molar-refractivity contribution in [3.05, 3.63) is 35.4 Å². The van der Waals surface area contributed by atoms with Gasteiger partial charge in [-0.05, 0) is 24.5 Å². The Kier molecular flexibility index (Phi) is 5.96. The van der Waals surface area contributed by atoms with E-state index in [1.807, 2.05) is 0 Å². The summed E-state index contributed by atoms with van der Waals surface area (Å²) < 4.78 is 39.2. The first-order chi connectivity index (χ1) is 10.0. The lowest BCUT2D eigenvalue weighted by Gasteiger charge is -2.25. The van der Waals surface area contributed by atoms with Crippen LogP contribution in [0.1, 0.15) is 49.3 Å². The molecule has 0 saturated heterocycles. The smallest absolute Gasteiger partial charge is 0.271 e. The number of halogens is 3. The van der Waals surface area contributed by atoms with Gasteiger partial charge in [0.1, 0.15) is 0 Å².